The second kappa shape index (κ2) is 10.1. The molecular formula is C16H25N3O. The molecule has 1 rings (SSSR count). The van der Waals surface area contributed by atoms with Crippen LogP contribution in [0.4, 0.5) is 0 Å². The van der Waals surface area contributed by atoms with E-state index < -0.39 is 0 Å². The van der Waals surface area contributed by atoms with Crippen LogP contribution in [-0.2, 0) is 4.79 Å². The van der Waals surface area contributed by atoms with Crippen LogP contribution in [0, 0.1) is 0 Å². The topological polar surface area (TPSA) is 54.4 Å². The molecule has 0 bridgehead atoms. The molecule has 0 fully saturated rings. The lowest BCUT2D eigenvalue weighted by Crippen LogP contribution is -2.18. The van der Waals surface area contributed by atoms with Gasteiger partial charge in [-0.25, -0.2) is 5.43 Å². The number of aromatic nitrogens is 1. The minimum absolute atomic E-state index is 0.0104. The number of hydrazone groups is 1. The highest BCUT2D eigenvalue weighted by molar-refractivity contribution is 5.98. The van der Waals surface area contributed by atoms with Crippen LogP contribution in [0.3, 0.4) is 0 Å². The molecule has 0 unspecified atom stereocenters. The van der Waals surface area contributed by atoms with Crippen molar-refractivity contribution >= 4 is 11.6 Å². The first-order chi connectivity index (χ1) is 9.74. The molecule has 1 N–H and O–H groups in total. The number of amides is 1. The lowest BCUT2D eigenvalue weighted by molar-refractivity contribution is -0.121. The Morgan fingerprint density at radius 2 is 2.00 bits per heavy atom. The summed E-state index contributed by atoms with van der Waals surface area (Å²) in [6, 6.07) is 3.78. The van der Waals surface area contributed by atoms with Gasteiger partial charge in [0, 0.05) is 24.4 Å². The van der Waals surface area contributed by atoms with Crippen LogP contribution in [0.2, 0.25) is 0 Å². The van der Waals surface area contributed by atoms with E-state index >= 15 is 0 Å². The van der Waals surface area contributed by atoms with Gasteiger partial charge in [-0.3, -0.25) is 9.78 Å². The van der Waals surface area contributed by atoms with E-state index in [1.165, 1.54) is 25.7 Å². The molecule has 0 radical (unpaired) electrons. The molecule has 0 aromatic carbocycles. The fourth-order valence-corrected chi connectivity index (χ4v) is 1.91. The molecule has 1 aromatic heterocycles. The van der Waals surface area contributed by atoms with Gasteiger partial charge in [-0.05, 0) is 19.4 Å². The van der Waals surface area contributed by atoms with Crippen LogP contribution in [0.1, 0.15) is 64.4 Å². The highest BCUT2D eigenvalue weighted by Gasteiger charge is 2.01. The standard InChI is InChI=1S/C16H25N3O/c1-3-4-5-6-7-8-11-16(20)19-18-14(2)15-10-9-12-17-13-15/h9-10,12-13H,3-8,11H2,1-2H3,(H,19,20)/b18-14-. The van der Waals surface area contributed by atoms with Crippen molar-refractivity contribution in [3.8, 4) is 0 Å². The second-order valence-corrected chi connectivity index (χ2v) is 4.99. The van der Waals surface area contributed by atoms with E-state index in [1.54, 1.807) is 12.4 Å². The summed E-state index contributed by atoms with van der Waals surface area (Å²) in [6.45, 7) is 4.07. The Morgan fingerprint density at radius 1 is 1.25 bits per heavy atom. The number of carbonyl (C=O) groups excluding carboxylic acids is 1. The summed E-state index contributed by atoms with van der Waals surface area (Å²) >= 11 is 0. The minimum Gasteiger partial charge on any atom is -0.273 e. The van der Waals surface area contributed by atoms with E-state index in [-0.39, 0.29) is 5.91 Å². The van der Waals surface area contributed by atoms with Crippen LogP contribution >= 0.6 is 0 Å². The Hall–Kier alpha value is -1.71. The average Bonchev–Trinajstić information content (AvgIpc) is 2.49. The van der Waals surface area contributed by atoms with Crippen molar-refractivity contribution in [1.82, 2.24) is 10.4 Å². The van der Waals surface area contributed by atoms with Gasteiger partial charge in [-0.2, -0.15) is 5.10 Å². The third kappa shape index (κ3) is 7.02. The molecule has 0 saturated carbocycles. The van der Waals surface area contributed by atoms with E-state index in [0.29, 0.717) is 6.42 Å². The molecule has 0 aliphatic rings. The quantitative estimate of drug-likeness (QED) is 0.424. The molecule has 0 spiro atoms. The Kier molecular flexibility index (Phi) is 8.27. The molecule has 4 nitrogen and oxygen atoms in total. The van der Waals surface area contributed by atoms with Gasteiger partial charge in [-0.15, -0.1) is 0 Å². The average molecular weight is 275 g/mol. The summed E-state index contributed by atoms with van der Waals surface area (Å²) in [7, 11) is 0. The number of carbonyl (C=O) groups is 1. The molecule has 0 saturated heterocycles. The number of rotatable bonds is 9. The van der Waals surface area contributed by atoms with Crippen LogP contribution < -0.4 is 5.43 Å². The first-order valence-corrected chi connectivity index (χ1v) is 7.47. The maximum atomic E-state index is 11.6. The molecule has 0 aliphatic heterocycles. The molecule has 1 amide bonds. The van der Waals surface area contributed by atoms with E-state index in [9.17, 15) is 4.79 Å². The molecule has 0 aliphatic carbocycles. The summed E-state index contributed by atoms with van der Waals surface area (Å²) in [5.74, 6) is -0.0104. The predicted octanol–water partition coefficient (Wildman–Crippen LogP) is 3.67. The molecule has 1 aromatic rings. The van der Waals surface area contributed by atoms with Gasteiger partial charge >= 0.3 is 0 Å². The van der Waals surface area contributed by atoms with Crippen molar-refractivity contribution in [2.45, 2.75) is 58.8 Å². The number of hydrogen-bond acceptors (Lipinski definition) is 3. The van der Waals surface area contributed by atoms with Gasteiger partial charge in [0.1, 0.15) is 0 Å². The smallest absolute Gasteiger partial charge is 0.240 e. The van der Waals surface area contributed by atoms with Gasteiger partial charge in [-0.1, -0.05) is 45.1 Å². The van der Waals surface area contributed by atoms with Gasteiger partial charge in [0.2, 0.25) is 5.91 Å². The Balaban J connectivity index is 2.19. The monoisotopic (exact) mass is 275 g/mol. The van der Waals surface area contributed by atoms with Crippen LogP contribution in [0.5, 0.6) is 0 Å². The SMILES string of the molecule is CCCCCCCCC(=O)N/N=C(/C)c1cccnc1. The minimum atomic E-state index is -0.0104. The molecule has 110 valence electrons. The Labute approximate surface area is 121 Å². The molecular weight excluding hydrogens is 250 g/mol. The van der Waals surface area contributed by atoms with Crippen molar-refractivity contribution < 1.29 is 4.79 Å². The highest BCUT2D eigenvalue weighted by atomic mass is 16.2. The molecule has 4 heteroatoms. The first-order valence-electron chi connectivity index (χ1n) is 7.47. The molecule has 1 heterocycles. The van der Waals surface area contributed by atoms with Crippen LogP contribution in [0.15, 0.2) is 29.6 Å². The summed E-state index contributed by atoms with van der Waals surface area (Å²) < 4.78 is 0. The fraction of sp³-hybridized carbons (Fsp3) is 0.562. The van der Waals surface area contributed by atoms with Gasteiger partial charge in [0.15, 0.2) is 0 Å². The van der Waals surface area contributed by atoms with Crippen molar-refractivity contribution in [2.75, 3.05) is 0 Å². The zero-order valence-corrected chi connectivity index (χ0v) is 12.6. The van der Waals surface area contributed by atoms with Gasteiger partial charge in [0.25, 0.3) is 0 Å². The highest BCUT2D eigenvalue weighted by Crippen LogP contribution is 2.06. The number of hydrogen-bond donors (Lipinski definition) is 1. The lowest BCUT2D eigenvalue weighted by Gasteiger charge is -2.03. The first kappa shape index (κ1) is 16.3. The largest absolute Gasteiger partial charge is 0.273 e. The van der Waals surface area contributed by atoms with Gasteiger partial charge < -0.3 is 0 Å². The Bertz CT molecular complexity index is 415. The lowest BCUT2D eigenvalue weighted by atomic mass is 10.1. The maximum absolute atomic E-state index is 11.6. The summed E-state index contributed by atoms with van der Waals surface area (Å²) in [5, 5.41) is 4.10. The number of unbranched alkanes of at least 4 members (excludes halogenated alkanes) is 5. The second-order valence-electron chi connectivity index (χ2n) is 4.99. The Morgan fingerprint density at radius 3 is 2.70 bits per heavy atom. The van der Waals surface area contributed by atoms with E-state index in [2.05, 4.69) is 22.4 Å². The van der Waals surface area contributed by atoms with E-state index in [4.69, 9.17) is 0 Å². The summed E-state index contributed by atoms with van der Waals surface area (Å²) in [5.41, 5.74) is 4.30. The third-order valence-corrected chi connectivity index (χ3v) is 3.19. The van der Waals surface area contributed by atoms with Crippen molar-refractivity contribution in [3.63, 3.8) is 0 Å². The van der Waals surface area contributed by atoms with E-state index in [1.807, 2.05) is 19.1 Å². The normalized spacial score (nSPS) is 11.4. The summed E-state index contributed by atoms with van der Waals surface area (Å²) in [4.78, 5) is 15.7. The number of nitrogens with zero attached hydrogens (tertiary/aromatic N) is 2. The predicted molar refractivity (Wildman–Crippen MR) is 82.6 cm³/mol. The van der Waals surface area contributed by atoms with E-state index in [0.717, 1.165) is 24.1 Å². The number of pyridine rings is 1. The summed E-state index contributed by atoms with van der Waals surface area (Å²) in [6.07, 6.45) is 11.1. The third-order valence-electron chi connectivity index (χ3n) is 3.19. The molecule has 20 heavy (non-hydrogen) atoms. The maximum Gasteiger partial charge on any atom is 0.240 e. The molecule has 0 atom stereocenters. The zero-order valence-electron chi connectivity index (χ0n) is 12.6. The fourth-order valence-electron chi connectivity index (χ4n) is 1.91. The van der Waals surface area contributed by atoms with Crippen LogP contribution in [-0.4, -0.2) is 16.6 Å². The van der Waals surface area contributed by atoms with Gasteiger partial charge in [0.05, 0.1) is 5.71 Å². The van der Waals surface area contributed by atoms with Crippen LogP contribution in [0.25, 0.3) is 0 Å². The zero-order chi connectivity index (χ0) is 14.6. The van der Waals surface area contributed by atoms with Crippen molar-refractivity contribution in [3.05, 3.63) is 30.1 Å². The van der Waals surface area contributed by atoms with Crippen molar-refractivity contribution in [2.24, 2.45) is 5.10 Å². The number of nitrogens with one attached hydrogen (secondary N) is 1. The van der Waals surface area contributed by atoms with Crippen molar-refractivity contribution in [1.29, 1.82) is 0 Å².